The summed E-state index contributed by atoms with van der Waals surface area (Å²) >= 11 is 0. The Hall–Kier alpha value is -7.45. The van der Waals surface area contributed by atoms with Gasteiger partial charge in [-0.15, -0.1) is 0 Å². The van der Waals surface area contributed by atoms with Crippen LogP contribution in [0.15, 0.2) is 152 Å². The highest BCUT2D eigenvalue weighted by Gasteiger charge is 2.29. The van der Waals surface area contributed by atoms with Crippen LogP contribution in [0.3, 0.4) is 0 Å². The molecule has 5 heterocycles. The van der Waals surface area contributed by atoms with Gasteiger partial charge in [-0.2, -0.15) is 0 Å². The number of pyridine rings is 1. The lowest BCUT2D eigenvalue weighted by Gasteiger charge is -2.27. The van der Waals surface area contributed by atoms with Crippen molar-refractivity contribution in [3.8, 4) is 45.5 Å². The first-order valence-electron chi connectivity index (χ1n) is 22.5. The number of benzene rings is 6. The Kier molecular flexibility index (Phi) is 8.86. The van der Waals surface area contributed by atoms with Gasteiger partial charge < -0.3 is 5.11 Å². The third kappa shape index (κ3) is 6.45. The molecular formula is C57H53N7O. The van der Waals surface area contributed by atoms with Gasteiger partial charge in [-0.1, -0.05) is 141 Å². The Morgan fingerprint density at radius 3 is 1.95 bits per heavy atom. The summed E-state index contributed by atoms with van der Waals surface area (Å²) < 4.78 is 8.89. The molecule has 0 bridgehead atoms. The number of phenolic OH excluding ortho intramolecular Hbond substituents is 1. The fourth-order valence-corrected chi connectivity index (χ4v) is 9.51. The Bertz CT molecular complexity index is 3670. The number of hydrogen-bond donors (Lipinski definition) is 1. The zero-order valence-electron chi connectivity index (χ0n) is 38.5. The zero-order valence-corrected chi connectivity index (χ0v) is 38.5. The topological polar surface area (TPSA) is 78.1 Å². The Balaban J connectivity index is 1.25. The van der Waals surface area contributed by atoms with Crippen LogP contribution in [0.5, 0.6) is 5.75 Å². The minimum atomic E-state index is -0.318. The van der Waals surface area contributed by atoms with Crippen molar-refractivity contribution < 1.29 is 5.11 Å². The fourth-order valence-electron chi connectivity index (χ4n) is 9.51. The summed E-state index contributed by atoms with van der Waals surface area (Å²) in [7, 11) is 0. The number of imidazole rings is 3. The molecule has 0 radical (unpaired) electrons. The van der Waals surface area contributed by atoms with E-state index in [1.165, 1.54) is 5.56 Å². The van der Waals surface area contributed by atoms with E-state index in [1.54, 1.807) is 0 Å². The van der Waals surface area contributed by atoms with E-state index >= 15 is 0 Å². The number of aromatic nitrogens is 7. The molecule has 0 amide bonds. The quantitative estimate of drug-likeness (QED) is 0.187. The van der Waals surface area contributed by atoms with Gasteiger partial charge in [0.1, 0.15) is 5.75 Å². The highest BCUT2D eigenvalue weighted by atomic mass is 16.3. The summed E-state index contributed by atoms with van der Waals surface area (Å²) in [5, 5.41) is 14.6. The van der Waals surface area contributed by atoms with Gasteiger partial charge in [0, 0.05) is 39.9 Å². The third-order valence-corrected chi connectivity index (χ3v) is 13.0. The molecule has 11 aromatic rings. The van der Waals surface area contributed by atoms with E-state index in [9.17, 15) is 5.11 Å². The van der Waals surface area contributed by atoms with Gasteiger partial charge in [0.05, 0.1) is 44.7 Å². The number of phenols is 1. The highest BCUT2D eigenvalue weighted by Crippen LogP contribution is 2.44. The van der Waals surface area contributed by atoms with E-state index < -0.39 is 0 Å². The van der Waals surface area contributed by atoms with Gasteiger partial charge in [-0.3, -0.25) is 18.1 Å². The van der Waals surface area contributed by atoms with Gasteiger partial charge in [-0.05, 0) is 93.6 Å². The number of aromatic hydroxyl groups is 1. The van der Waals surface area contributed by atoms with E-state index in [-0.39, 0.29) is 22.0 Å². The fraction of sp³-hybridized carbons (Fsp3) is 0.211. The second kappa shape index (κ2) is 14.3. The average Bonchev–Trinajstić information content (AvgIpc) is 4.04. The molecule has 0 aliphatic heterocycles. The predicted molar refractivity (Wildman–Crippen MR) is 267 cm³/mol. The summed E-state index contributed by atoms with van der Waals surface area (Å²) in [5.41, 5.74) is 13.9. The monoisotopic (exact) mass is 851 g/mol. The smallest absolute Gasteiger partial charge is 0.221 e. The highest BCUT2D eigenvalue weighted by molar-refractivity contribution is 6.10. The van der Waals surface area contributed by atoms with E-state index in [4.69, 9.17) is 15.0 Å². The van der Waals surface area contributed by atoms with Gasteiger partial charge in [0.15, 0.2) is 5.65 Å². The van der Waals surface area contributed by atoms with E-state index in [1.807, 2.05) is 18.3 Å². The van der Waals surface area contributed by atoms with Gasteiger partial charge in [0.2, 0.25) is 11.7 Å². The lowest BCUT2D eigenvalue weighted by atomic mass is 9.78. The number of hydrogen-bond acceptors (Lipinski definition) is 4. The molecule has 11 rings (SSSR count). The molecule has 8 heteroatoms. The summed E-state index contributed by atoms with van der Waals surface area (Å²) in [4.78, 5) is 15.8. The van der Waals surface area contributed by atoms with Crippen molar-refractivity contribution in [1.82, 2.24) is 33.1 Å². The Labute approximate surface area is 379 Å². The third-order valence-electron chi connectivity index (χ3n) is 13.0. The number of para-hydroxylation sites is 3. The molecule has 65 heavy (non-hydrogen) atoms. The van der Waals surface area contributed by atoms with Gasteiger partial charge in [-0.25, -0.2) is 15.0 Å². The molecular weight excluding hydrogens is 799 g/mol. The van der Waals surface area contributed by atoms with Crippen molar-refractivity contribution in [3.05, 3.63) is 169 Å². The maximum absolute atomic E-state index is 12.4. The summed E-state index contributed by atoms with van der Waals surface area (Å²) in [6.07, 6.45) is 3.97. The van der Waals surface area contributed by atoms with E-state index in [2.05, 4.69) is 214 Å². The standard InChI is InChI=1S/C57H53N7O/c1-55(2,3)36-25-28-46(41(30-36)35-18-11-10-12-19-35)61-34-45(42-31-37(56(4,5)6)32-43(51(42)65)57(7,8)9)60-53(61)63-47-22-15-13-20-39(47)40-27-26-38(33-50(40)63)62-52-49(24-17-29-58-52)64-48-23-16-14-21-44(48)59-54(62)64/h10-34,65H,1-9H3. The van der Waals surface area contributed by atoms with Crippen LogP contribution in [0.25, 0.3) is 89.5 Å². The molecule has 0 aliphatic carbocycles. The summed E-state index contributed by atoms with van der Waals surface area (Å²) in [5.74, 6) is 1.75. The maximum Gasteiger partial charge on any atom is 0.221 e. The van der Waals surface area contributed by atoms with E-state index in [0.717, 1.165) is 83.4 Å². The lowest BCUT2D eigenvalue weighted by Crippen LogP contribution is -2.17. The molecule has 0 fully saturated rings. The van der Waals surface area contributed by atoms with Crippen molar-refractivity contribution in [2.45, 2.75) is 78.6 Å². The second-order valence-electron chi connectivity index (χ2n) is 20.5. The molecule has 0 unspecified atom stereocenters. The zero-order chi connectivity index (χ0) is 45.2. The number of fused-ring (bicyclic) bond motifs is 8. The molecule has 8 nitrogen and oxygen atoms in total. The van der Waals surface area contributed by atoms with Gasteiger partial charge in [0.25, 0.3) is 0 Å². The number of nitrogens with zero attached hydrogens (tertiary/aromatic N) is 7. The van der Waals surface area contributed by atoms with Crippen LogP contribution in [-0.4, -0.2) is 38.2 Å². The first kappa shape index (κ1) is 40.3. The molecule has 322 valence electrons. The van der Waals surface area contributed by atoms with Crippen molar-refractivity contribution in [2.24, 2.45) is 0 Å². The minimum Gasteiger partial charge on any atom is -0.507 e. The molecule has 6 aromatic carbocycles. The molecule has 0 saturated heterocycles. The Morgan fingerprint density at radius 1 is 0.523 bits per heavy atom. The SMILES string of the molecule is CC(C)(C)c1ccc(-n2cc(-c3cc(C(C)(C)C)cc(C(C)(C)C)c3O)nc2-n2c3ccccc3c3ccc(-n4c5ncccc5n5c6ccccc6nc45)cc32)c(-c2ccccc2)c1. The van der Waals surface area contributed by atoms with Crippen molar-refractivity contribution >= 4 is 49.8 Å². The largest absolute Gasteiger partial charge is 0.507 e. The first-order chi connectivity index (χ1) is 31.1. The van der Waals surface area contributed by atoms with Crippen LogP contribution >= 0.6 is 0 Å². The molecule has 5 aromatic heterocycles. The van der Waals surface area contributed by atoms with Gasteiger partial charge >= 0.3 is 0 Å². The lowest BCUT2D eigenvalue weighted by molar-refractivity contribution is 0.446. The maximum atomic E-state index is 12.4. The summed E-state index contributed by atoms with van der Waals surface area (Å²) in [6.45, 7) is 19.9. The molecule has 0 saturated carbocycles. The van der Waals surface area contributed by atoms with E-state index in [0.29, 0.717) is 17.2 Å². The van der Waals surface area contributed by atoms with Crippen LogP contribution in [0.2, 0.25) is 0 Å². The average molecular weight is 852 g/mol. The second-order valence-corrected chi connectivity index (χ2v) is 20.5. The van der Waals surface area contributed by atoms with Crippen LogP contribution in [0, 0.1) is 0 Å². The Morgan fingerprint density at radius 2 is 1.20 bits per heavy atom. The number of rotatable bonds is 5. The molecule has 0 spiro atoms. The van der Waals surface area contributed by atoms with Crippen molar-refractivity contribution in [1.29, 1.82) is 0 Å². The first-order valence-corrected chi connectivity index (χ1v) is 22.5. The predicted octanol–water partition coefficient (Wildman–Crippen LogP) is 14.0. The minimum absolute atomic E-state index is 0.0830. The van der Waals surface area contributed by atoms with Crippen LogP contribution in [-0.2, 0) is 16.2 Å². The van der Waals surface area contributed by atoms with Crippen molar-refractivity contribution in [3.63, 3.8) is 0 Å². The molecule has 0 aliphatic rings. The normalized spacial score (nSPS) is 12.8. The molecule has 1 N–H and O–H groups in total. The molecule has 0 atom stereocenters. The van der Waals surface area contributed by atoms with Crippen molar-refractivity contribution in [2.75, 3.05) is 0 Å². The summed E-state index contributed by atoms with van der Waals surface area (Å²) in [6, 6.07) is 49.3. The van der Waals surface area contributed by atoms with Crippen LogP contribution in [0.1, 0.15) is 79.0 Å². The van der Waals surface area contributed by atoms with Crippen LogP contribution < -0.4 is 0 Å². The van der Waals surface area contributed by atoms with Crippen LogP contribution in [0.4, 0.5) is 0 Å².